The van der Waals surface area contributed by atoms with Crippen molar-refractivity contribution in [3.63, 3.8) is 0 Å². The van der Waals surface area contributed by atoms with Gasteiger partial charge in [-0.25, -0.2) is 18.7 Å². The molecule has 0 atom stereocenters. The van der Waals surface area contributed by atoms with E-state index in [1.54, 1.807) is 0 Å². The molecule has 138 valence electrons. The van der Waals surface area contributed by atoms with E-state index in [9.17, 15) is 8.78 Å². The van der Waals surface area contributed by atoms with Gasteiger partial charge in [-0.1, -0.05) is 12.1 Å². The summed E-state index contributed by atoms with van der Waals surface area (Å²) in [6.07, 6.45) is -0.537. The fourth-order valence-electron chi connectivity index (χ4n) is 3.52. The second-order valence-corrected chi connectivity index (χ2v) is 7.28. The van der Waals surface area contributed by atoms with Gasteiger partial charge < -0.3 is 9.80 Å². The van der Waals surface area contributed by atoms with E-state index in [4.69, 9.17) is 0 Å². The van der Waals surface area contributed by atoms with Crippen molar-refractivity contribution < 1.29 is 8.78 Å². The summed E-state index contributed by atoms with van der Waals surface area (Å²) in [5, 5.41) is 0. The number of alkyl halides is 2. The Morgan fingerprint density at radius 3 is 2.35 bits per heavy atom. The van der Waals surface area contributed by atoms with Crippen LogP contribution in [0.3, 0.4) is 0 Å². The van der Waals surface area contributed by atoms with E-state index in [2.05, 4.69) is 51.8 Å². The zero-order valence-electron chi connectivity index (χ0n) is 15.3. The monoisotopic (exact) mass is 358 g/mol. The first-order valence-electron chi connectivity index (χ1n) is 9.26. The minimum Gasteiger partial charge on any atom is -0.368 e. The number of anilines is 2. The van der Waals surface area contributed by atoms with Crippen LogP contribution in [0.1, 0.15) is 47.8 Å². The van der Waals surface area contributed by atoms with Gasteiger partial charge in [-0.2, -0.15) is 0 Å². The van der Waals surface area contributed by atoms with Crippen molar-refractivity contribution in [2.24, 2.45) is 0 Å². The van der Waals surface area contributed by atoms with Crippen LogP contribution in [0.5, 0.6) is 0 Å². The summed E-state index contributed by atoms with van der Waals surface area (Å²) < 4.78 is 26.5. The molecule has 2 aliphatic rings. The van der Waals surface area contributed by atoms with Crippen LogP contribution in [0.4, 0.5) is 20.3 Å². The number of hydrogen-bond donors (Lipinski definition) is 0. The molecule has 1 aliphatic carbocycles. The third-order valence-corrected chi connectivity index (χ3v) is 5.44. The SMILES string of the molecule is Cc1cccc(N2CCN(c3cc(C(F)F)nc(C4CC4)n3)CC2)c1C. The van der Waals surface area contributed by atoms with Crippen molar-refractivity contribution in [3.05, 3.63) is 46.9 Å². The lowest BCUT2D eigenvalue weighted by atomic mass is 10.1. The molecule has 2 aromatic rings. The lowest BCUT2D eigenvalue weighted by molar-refractivity contribution is 0.145. The number of aryl methyl sites for hydroxylation is 1. The number of benzene rings is 1. The second-order valence-electron chi connectivity index (χ2n) is 7.28. The van der Waals surface area contributed by atoms with E-state index in [-0.39, 0.29) is 11.6 Å². The minimum absolute atomic E-state index is 0.145. The molecule has 1 aliphatic heterocycles. The van der Waals surface area contributed by atoms with Gasteiger partial charge in [0.05, 0.1) is 0 Å². The van der Waals surface area contributed by atoms with Crippen LogP contribution in [0.2, 0.25) is 0 Å². The van der Waals surface area contributed by atoms with Crippen LogP contribution in [0.25, 0.3) is 0 Å². The topological polar surface area (TPSA) is 32.3 Å². The molecule has 0 N–H and O–H groups in total. The number of rotatable bonds is 4. The molecule has 1 aromatic heterocycles. The van der Waals surface area contributed by atoms with Gasteiger partial charge in [-0.05, 0) is 43.9 Å². The van der Waals surface area contributed by atoms with E-state index in [1.807, 2.05) is 0 Å². The third-order valence-electron chi connectivity index (χ3n) is 5.44. The average Bonchev–Trinajstić information content (AvgIpc) is 3.49. The smallest absolute Gasteiger partial charge is 0.280 e. The molecule has 6 heteroatoms. The molecule has 26 heavy (non-hydrogen) atoms. The van der Waals surface area contributed by atoms with Crippen molar-refractivity contribution in [2.45, 2.75) is 39.0 Å². The Labute approximate surface area is 152 Å². The quantitative estimate of drug-likeness (QED) is 0.818. The van der Waals surface area contributed by atoms with Crippen molar-refractivity contribution in [1.29, 1.82) is 0 Å². The summed E-state index contributed by atoms with van der Waals surface area (Å²) in [7, 11) is 0. The molecule has 4 nitrogen and oxygen atoms in total. The Morgan fingerprint density at radius 2 is 1.69 bits per heavy atom. The summed E-state index contributed by atoms with van der Waals surface area (Å²) in [5.41, 5.74) is 3.71. The number of halogens is 2. The van der Waals surface area contributed by atoms with E-state index < -0.39 is 6.43 Å². The molecule has 0 bridgehead atoms. The Morgan fingerprint density at radius 1 is 1.00 bits per heavy atom. The Balaban J connectivity index is 1.52. The Kier molecular flexibility index (Phi) is 4.51. The van der Waals surface area contributed by atoms with Crippen molar-refractivity contribution in [1.82, 2.24) is 9.97 Å². The minimum atomic E-state index is -2.55. The van der Waals surface area contributed by atoms with Gasteiger partial charge in [-0.3, -0.25) is 0 Å². The van der Waals surface area contributed by atoms with Gasteiger partial charge in [0.2, 0.25) is 0 Å². The number of piperazine rings is 1. The first-order chi connectivity index (χ1) is 12.5. The van der Waals surface area contributed by atoms with Crippen LogP contribution < -0.4 is 9.80 Å². The maximum Gasteiger partial charge on any atom is 0.280 e. The van der Waals surface area contributed by atoms with E-state index in [0.717, 1.165) is 39.0 Å². The predicted molar refractivity (Wildman–Crippen MR) is 99.3 cm³/mol. The molecule has 1 saturated heterocycles. The molecular formula is C20H24F2N4. The van der Waals surface area contributed by atoms with Gasteiger partial charge in [-0.15, -0.1) is 0 Å². The summed E-state index contributed by atoms with van der Waals surface area (Å²) >= 11 is 0. The maximum absolute atomic E-state index is 13.2. The molecule has 4 rings (SSSR count). The van der Waals surface area contributed by atoms with Gasteiger partial charge >= 0.3 is 0 Å². The molecule has 2 heterocycles. The Bertz CT molecular complexity index is 776. The lowest BCUT2D eigenvalue weighted by Crippen LogP contribution is -2.47. The van der Waals surface area contributed by atoms with Crippen molar-refractivity contribution in [2.75, 3.05) is 36.0 Å². The number of nitrogens with zero attached hydrogens (tertiary/aromatic N) is 4. The van der Waals surface area contributed by atoms with E-state index >= 15 is 0 Å². The first kappa shape index (κ1) is 17.2. The van der Waals surface area contributed by atoms with Crippen LogP contribution in [0, 0.1) is 13.8 Å². The normalized spacial score (nSPS) is 17.9. The number of aromatic nitrogens is 2. The zero-order valence-corrected chi connectivity index (χ0v) is 15.3. The summed E-state index contributed by atoms with van der Waals surface area (Å²) in [4.78, 5) is 13.2. The highest BCUT2D eigenvalue weighted by Crippen LogP contribution is 2.39. The zero-order chi connectivity index (χ0) is 18.3. The van der Waals surface area contributed by atoms with Crippen LogP contribution in [-0.2, 0) is 0 Å². The van der Waals surface area contributed by atoms with Crippen LogP contribution in [0.15, 0.2) is 24.3 Å². The molecule has 1 saturated carbocycles. The molecule has 2 fully saturated rings. The third kappa shape index (κ3) is 3.37. The summed E-state index contributed by atoms with van der Waals surface area (Å²) in [5.74, 6) is 1.51. The molecule has 0 radical (unpaired) electrons. The largest absolute Gasteiger partial charge is 0.368 e. The molecule has 1 aromatic carbocycles. The van der Waals surface area contributed by atoms with Gasteiger partial charge in [0, 0.05) is 43.9 Å². The molecular weight excluding hydrogens is 334 g/mol. The molecule has 0 amide bonds. The lowest BCUT2D eigenvalue weighted by Gasteiger charge is -2.37. The average molecular weight is 358 g/mol. The van der Waals surface area contributed by atoms with Crippen LogP contribution in [-0.4, -0.2) is 36.1 Å². The second kappa shape index (κ2) is 6.82. The highest BCUT2D eigenvalue weighted by molar-refractivity contribution is 5.57. The van der Waals surface area contributed by atoms with Crippen molar-refractivity contribution in [3.8, 4) is 0 Å². The standard InChI is InChI=1S/C20H24F2N4/c1-13-4-3-5-17(14(13)2)25-8-10-26(11-9-25)18-12-16(19(21)22)23-20(24-18)15-6-7-15/h3-5,12,15,19H,6-11H2,1-2H3. The first-order valence-corrected chi connectivity index (χ1v) is 9.26. The van der Waals surface area contributed by atoms with E-state index in [1.165, 1.54) is 22.9 Å². The van der Waals surface area contributed by atoms with Crippen LogP contribution >= 0.6 is 0 Å². The van der Waals surface area contributed by atoms with Crippen molar-refractivity contribution >= 4 is 11.5 Å². The number of hydrogen-bond acceptors (Lipinski definition) is 4. The highest BCUT2D eigenvalue weighted by Gasteiger charge is 2.29. The fourth-order valence-corrected chi connectivity index (χ4v) is 3.52. The van der Waals surface area contributed by atoms with Gasteiger partial charge in [0.1, 0.15) is 17.3 Å². The highest BCUT2D eigenvalue weighted by atomic mass is 19.3. The van der Waals surface area contributed by atoms with Gasteiger partial charge in [0.15, 0.2) is 0 Å². The summed E-state index contributed by atoms with van der Waals surface area (Å²) in [6, 6.07) is 7.83. The summed E-state index contributed by atoms with van der Waals surface area (Å²) in [6.45, 7) is 7.54. The molecule has 0 spiro atoms. The Hall–Kier alpha value is -2.24. The predicted octanol–water partition coefficient (Wildman–Crippen LogP) is 4.24. The van der Waals surface area contributed by atoms with E-state index in [0.29, 0.717) is 11.6 Å². The maximum atomic E-state index is 13.2. The van der Waals surface area contributed by atoms with Gasteiger partial charge in [0.25, 0.3) is 6.43 Å². The fraction of sp³-hybridized carbons (Fsp3) is 0.500. The molecule has 0 unspecified atom stereocenters.